The molecule has 1 atom stereocenters. The molecule has 10 heteroatoms. The van der Waals surface area contributed by atoms with E-state index in [0.717, 1.165) is 49.7 Å². The Morgan fingerprint density at radius 3 is 2.51 bits per heavy atom. The summed E-state index contributed by atoms with van der Waals surface area (Å²) in [4.78, 5) is 36.1. The van der Waals surface area contributed by atoms with Gasteiger partial charge in [0.1, 0.15) is 11.8 Å². The summed E-state index contributed by atoms with van der Waals surface area (Å²) in [5.41, 5.74) is 1.40. The number of methoxy groups -OCH3 is 1. The average Bonchev–Trinajstić information content (AvgIpc) is 3.14. The minimum absolute atomic E-state index is 0.0260. The fourth-order valence-electron chi connectivity index (χ4n) is 4.67. The molecule has 2 aromatic carbocycles. The average molecular weight is 542 g/mol. The van der Waals surface area contributed by atoms with Gasteiger partial charge in [-0.15, -0.1) is 11.8 Å². The second-order valence-electron chi connectivity index (χ2n) is 9.35. The molecular formula is C27H35N5O3S2. The number of thioether (sulfide) groups is 1. The molecule has 2 saturated heterocycles. The van der Waals surface area contributed by atoms with Crippen LogP contribution in [-0.4, -0.2) is 97.4 Å². The van der Waals surface area contributed by atoms with Gasteiger partial charge in [-0.05, 0) is 81.0 Å². The number of carbonyl (C=O) groups is 2. The molecule has 1 N–H and O–H groups in total. The minimum Gasteiger partial charge on any atom is -0.497 e. The SMILES string of the molecule is COc1ccc(NC(=O)C[C@@H]2C(=O)N(c3cccc(SC)c3)C(=S)N2CCCN2CCN(C)CC2)cc1. The van der Waals surface area contributed by atoms with Crippen molar-refractivity contribution in [2.75, 3.05) is 69.9 Å². The van der Waals surface area contributed by atoms with Gasteiger partial charge < -0.3 is 24.8 Å². The lowest BCUT2D eigenvalue weighted by Gasteiger charge is -2.33. The molecule has 2 aliphatic heterocycles. The zero-order chi connectivity index (χ0) is 26.4. The van der Waals surface area contributed by atoms with Crippen molar-refractivity contribution >= 4 is 52.3 Å². The van der Waals surface area contributed by atoms with E-state index < -0.39 is 6.04 Å². The predicted molar refractivity (Wildman–Crippen MR) is 154 cm³/mol. The molecule has 37 heavy (non-hydrogen) atoms. The van der Waals surface area contributed by atoms with Crippen LogP contribution in [0.2, 0.25) is 0 Å². The summed E-state index contributed by atoms with van der Waals surface area (Å²) in [5, 5.41) is 3.37. The van der Waals surface area contributed by atoms with Crippen molar-refractivity contribution in [1.82, 2.24) is 14.7 Å². The molecule has 198 valence electrons. The molecule has 0 aromatic heterocycles. The Labute approximate surface area is 228 Å². The maximum absolute atomic E-state index is 13.7. The van der Waals surface area contributed by atoms with Crippen LogP contribution >= 0.6 is 24.0 Å². The third kappa shape index (κ3) is 6.81. The van der Waals surface area contributed by atoms with Crippen LogP contribution in [0.5, 0.6) is 5.75 Å². The van der Waals surface area contributed by atoms with Crippen molar-refractivity contribution in [2.24, 2.45) is 0 Å². The lowest BCUT2D eigenvalue weighted by molar-refractivity contribution is -0.124. The lowest BCUT2D eigenvalue weighted by atomic mass is 10.1. The van der Waals surface area contributed by atoms with Gasteiger partial charge in [0.25, 0.3) is 5.91 Å². The van der Waals surface area contributed by atoms with Crippen LogP contribution in [-0.2, 0) is 9.59 Å². The predicted octanol–water partition coefficient (Wildman–Crippen LogP) is 3.39. The van der Waals surface area contributed by atoms with Crippen LogP contribution in [0.4, 0.5) is 11.4 Å². The number of rotatable bonds is 10. The molecule has 2 fully saturated rings. The number of thiocarbonyl (C=S) groups is 1. The quantitative estimate of drug-likeness (QED) is 0.363. The topological polar surface area (TPSA) is 68.4 Å². The van der Waals surface area contributed by atoms with Crippen LogP contribution in [0, 0.1) is 0 Å². The van der Waals surface area contributed by atoms with Crippen molar-refractivity contribution in [3.8, 4) is 5.75 Å². The number of amides is 2. The Morgan fingerprint density at radius 2 is 1.84 bits per heavy atom. The summed E-state index contributed by atoms with van der Waals surface area (Å²) in [6.07, 6.45) is 2.89. The fourth-order valence-corrected chi connectivity index (χ4v) is 5.54. The Kier molecular flexibility index (Phi) is 9.42. The van der Waals surface area contributed by atoms with Gasteiger partial charge >= 0.3 is 0 Å². The van der Waals surface area contributed by atoms with Gasteiger partial charge in [-0.1, -0.05) is 6.07 Å². The summed E-state index contributed by atoms with van der Waals surface area (Å²) in [5.74, 6) is 0.326. The molecular weight excluding hydrogens is 506 g/mol. The first kappa shape index (κ1) is 27.4. The summed E-state index contributed by atoms with van der Waals surface area (Å²) >= 11 is 7.44. The number of carbonyl (C=O) groups excluding carboxylic acids is 2. The van der Waals surface area contributed by atoms with Crippen molar-refractivity contribution in [2.45, 2.75) is 23.8 Å². The van der Waals surface area contributed by atoms with Crippen molar-refractivity contribution in [1.29, 1.82) is 0 Å². The highest BCUT2D eigenvalue weighted by atomic mass is 32.2. The Balaban J connectivity index is 1.47. The number of nitrogens with one attached hydrogen (secondary N) is 1. The number of piperazine rings is 1. The van der Waals surface area contributed by atoms with Crippen LogP contribution < -0.4 is 15.0 Å². The van der Waals surface area contributed by atoms with E-state index in [-0.39, 0.29) is 18.2 Å². The third-order valence-electron chi connectivity index (χ3n) is 6.85. The number of anilines is 2. The number of benzene rings is 2. The minimum atomic E-state index is -0.642. The number of nitrogens with zero attached hydrogens (tertiary/aromatic N) is 4. The number of hydrogen-bond acceptors (Lipinski definition) is 7. The fraction of sp³-hybridized carbons (Fsp3) is 0.444. The molecule has 4 rings (SSSR count). The first-order chi connectivity index (χ1) is 17.9. The third-order valence-corrected chi connectivity index (χ3v) is 7.99. The molecule has 0 spiro atoms. The molecule has 0 bridgehead atoms. The first-order valence-electron chi connectivity index (χ1n) is 12.5. The zero-order valence-corrected chi connectivity index (χ0v) is 23.3. The van der Waals surface area contributed by atoms with Crippen LogP contribution in [0.15, 0.2) is 53.4 Å². The normalized spacial score (nSPS) is 18.9. The van der Waals surface area contributed by atoms with E-state index in [2.05, 4.69) is 22.2 Å². The monoisotopic (exact) mass is 541 g/mol. The van der Waals surface area contributed by atoms with E-state index in [1.54, 1.807) is 48.0 Å². The van der Waals surface area contributed by atoms with Crippen LogP contribution in [0.3, 0.4) is 0 Å². The summed E-state index contributed by atoms with van der Waals surface area (Å²) in [6, 6.07) is 14.3. The molecule has 2 aliphatic rings. The van der Waals surface area contributed by atoms with Crippen LogP contribution in [0.1, 0.15) is 12.8 Å². The van der Waals surface area contributed by atoms with Crippen molar-refractivity contribution in [3.05, 3.63) is 48.5 Å². The maximum atomic E-state index is 13.7. The van der Waals surface area contributed by atoms with Gasteiger partial charge in [-0.3, -0.25) is 14.5 Å². The van der Waals surface area contributed by atoms with Crippen molar-refractivity contribution < 1.29 is 14.3 Å². The van der Waals surface area contributed by atoms with Gasteiger partial charge in [0.05, 0.1) is 19.2 Å². The summed E-state index contributed by atoms with van der Waals surface area (Å²) < 4.78 is 5.19. The Hall–Kier alpha value is -2.66. The van der Waals surface area contributed by atoms with E-state index in [1.807, 2.05) is 35.4 Å². The Bertz CT molecular complexity index is 1110. The van der Waals surface area contributed by atoms with Gasteiger partial charge in [-0.25, -0.2) is 0 Å². The van der Waals surface area contributed by atoms with Crippen LogP contribution in [0.25, 0.3) is 0 Å². The van der Waals surface area contributed by atoms with Gasteiger partial charge in [0, 0.05) is 43.3 Å². The highest BCUT2D eigenvalue weighted by Crippen LogP contribution is 2.30. The van der Waals surface area contributed by atoms with E-state index in [1.165, 1.54) is 0 Å². The van der Waals surface area contributed by atoms with E-state index in [0.29, 0.717) is 23.1 Å². The second kappa shape index (κ2) is 12.7. The molecule has 2 amide bonds. The molecule has 2 heterocycles. The molecule has 8 nitrogen and oxygen atoms in total. The molecule has 0 saturated carbocycles. The second-order valence-corrected chi connectivity index (χ2v) is 10.6. The number of likely N-dealkylation sites (N-methyl/N-ethyl adjacent to an activating group) is 1. The largest absolute Gasteiger partial charge is 0.497 e. The highest BCUT2D eigenvalue weighted by Gasteiger charge is 2.44. The molecule has 2 aromatic rings. The Morgan fingerprint density at radius 1 is 1.11 bits per heavy atom. The summed E-state index contributed by atoms with van der Waals surface area (Å²) in [7, 11) is 3.75. The zero-order valence-electron chi connectivity index (χ0n) is 21.7. The van der Waals surface area contributed by atoms with Gasteiger partial charge in [-0.2, -0.15) is 0 Å². The molecule has 0 unspecified atom stereocenters. The standard InChI is InChI=1S/C27H35N5O3S2/c1-29-14-16-30(17-15-29)12-5-13-31-24(19-25(33)28-20-8-10-22(35-2)11-9-20)26(34)32(27(31)36)21-6-4-7-23(18-21)37-3/h4,6-11,18,24H,5,12-17,19H2,1-3H3,(H,28,33)/t24-/m1/s1. The number of hydrogen-bond donors (Lipinski definition) is 1. The smallest absolute Gasteiger partial charge is 0.256 e. The number of ether oxygens (including phenoxy) is 1. The summed E-state index contributed by atoms with van der Waals surface area (Å²) in [6.45, 7) is 5.77. The van der Waals surface area contributed by atoms with E-state index in [4.69, 9.17) is 17.0 Å². The highest BCUT2D eigenvalue weighted by molar-refractivity contribution is 7.98. The molecule has 0 aliphatic carbocycles. The van der Waals surface area contributed by atoms with Gasteiger partial charge in [0.15, 0.2) is 5.11 Å². The van der Waals surface area contributed by atoms with Gasteiger partial charge in [0.2, 0.25) is 5.91 Å². The van der Waals surface area contributed by atoms with E-state index in [9.17, 15) is 9.59 Å². The molecule has 0 radical (unpaired) electrons. The maximum Gasteiger partial charge on any atom is 0.256 e. The lowest BCUT2D eigenvalue weighted by Crippen LogP contribution is -2.45. The van der Waals surface area contributed by atoms with E-state index >= 15 is 0 Å². The van der Waals surface area contributed by atoms with Crippen molar-refractivity contribution in [3.63, 3.8) is 0 Å². The first-order valence-corrected chi connectivity index (χ1v) is 14.2.